The summed E-state index contributed by atoms with van der Waals surface area (Å²) in [5, 5.41) is 15.5. The molecular formula is C10H10N4S. The van der Waals surface area contributed by atoms with Crippen molar-refractivity contribution >= 4 is 11.3 Å². The monoisotopic (exact) mass is 218 g/mol. The zero-order chi connectivity index (χ0) is 10.7. The lowest BCUT2D eigenvalue weighted by atomic mass is 10.3. The van der Waals surface area contributed by atoms with Crippen LogP contribution in [0.25, 0.3) is 11.3 Å². The van der Waals surface area contributed by atoms with Gasteiger partial charge in [0, 0.05) is 23.7 Å². The molecule has 0 aromatic carbocycles. The Morgan fingerprint density at radius 3 is 3.13 bits per heavy atom. The van der Waals surface area contributed by atoms with Crippen LogP contribution in [0.3, 0.4) is 0 Å². The van der Waals surface area contributed by atoms with Crippen LogP contribution in [0, 0.1) is 11.3 Å². The highest BCUT2D eigenvalue weighted by Crippen LogP contribution is 2.21. The summed E-state index contributed by atoms with van der Waals surface area (Å²) in [5.74, 6) is 0. The van der Waals surface area contributed by atoms with Gasteiger partial charge in [0.15, 0.2) is 0 Å². The summed E-state index contributed by atoms with van der Waals surface area (Å²) in [6.45, 7) is 2.90. The highest BCUT2D eigenvalue weighted by molar-refractivity contribution is 7.10. The fourth-order valence-corrected chi connectivity index (χ4v) is 2.00. The van der Waals surface area contributed by atoms with Crippen molar-refractivity contribution in [3.8, 4) is 17.3 Å². The van der Waals surface area contributed by atoms with Crippen LogP contribution in [0.15, 0.2) is 17.8 Å². The summed E-state index contributed by atoms with van der Waals surface area (Å²) in [6, 6.07) is 2.09. The summed E-state index contributed by atoms with van der Waals surface area (Å²) in [5.41, 5.74) is 1.92. The molecule has 0 fully saturated rings. The molecule has 2 heterocycles. The van der Waals surface area contributed by atoms with Crippen LogP contribution in [-0.2, 0) is 13.0 Å². The van der Waals surface area contributed by atoms with Crippen LogP contribution in [0.2, 0.25) is 0 Å². The van der Waals surface area contributed by atoms with Gasteiger partial charge in [-0.1, -0.05) is 0 Å². The van der Waals surface area contributed by atoms with Crippen LogP contribution in [0.4, 0.5) is 0 Å². The number of aryl methyl sites for hydroxylation is 1. The van der Waals surface area contributed by atoms with Gasteiger partial charge in [0.2, 0.25) is 0 Å². The van der Waals surface area contributed by atoms with Gasteiger partial charge >= 0.3 is 0 Å². The van der Waals surface area contributed by atoms with Crippen molar-refractivity contribution in [1.82, 2.24) is 14.8 Å². The van der Waals surface area contributed by atoms with Crippen LogP contribution >= 0.6 is 11.3 Å². The number of nitriles is 1. The maximum atomic E-state index is 8.54. The maximum absolute atomic E-state index is 8.54. The highest BCUT2D eigenvalue weighted by Gasteiger charge is 2.06. The Morgan fingerprint density at radius 1 is 1.60 bits per heavy atom. The quantitative estimate of drug-likeness (QED) is 0.792. The SMILES string of the molecule is CCn1cc(-c2csc(CC#N)n2)cn1. The lowest BCUT2D eigenvalue weighted by Gasteiger charge is -1.90. The second kappa shape index (κ2) is 4.24. The summed E-state index contributed by atoms with van der Waals surface area (Å²) in [6.07, 6.45) is 4.15. The van der Waals surface area contributed by atoms with Gasteiger partial charge < -0.3 is 0 Å². The molecule has 76 valence electrons. The van der Waals surface area contributed by atoms with Crippen molar-refractivity contribution in [2.24, 2.45) is 0 Å². The molecule has 5 heteroatoms. The first-order valence-electron chi connectivity index (χ1n) is 4.67. The lowest BCUT2D eigenvalue weighted by molar-refractivity contribution is 0.660. The molecule has 15 heavy (non-hydrogen) atoms. The van der Waals surface area contributed by atoms with E-state index in [1.54, 1.807) is 6.20 Å². The van der Waals surface area contributed by atoms with Gasteiger partial charge in [-0.3, -0.25) is 4.68 Å². The minimum atomic E-state index is 0.382. The van der Waals surface area contributed by atoms with E-state index in [1.807, 2.05) is 23.2 Å². The van der Waals surface area contributed by atoms with E-state index in [4.69, 9.17) is 5.26 Å². The first-order valence-corrected chi connectivity index (χ1v) is 5.55. The smallest absolute Gasteiger partial charge is 0.107 e. The van der Waals surface area contributed by atoms with Gasteiger partial charge in [0.1, 0.15) is 5.01 Å². The zero-order valence-corrected chi connectivity index (χ0v) is 9.16. The van der Waals surface area contributed by atoms with Crippen molar-refractivity contribution in [3.63, 3.8) is 0 Å². The number of hydrogen-bond donors (Lipinski definition) is 0. The Hall–Kier alpha value is -1.67. The molecule has 0 amide bonds. The number of rotatable bonds is 3. The highest BCUT2D eigenvalue weighted by atomic mass is 32.1. The third kappa shape index (κ3) is 2.05. The van der Waals surface area contributed by atoms with Gasteiger partial charge in [-0.05, 0) is 6.92 Å². The average Bonchev–Trinajstić information content (AvgIpc) is 2.85. The topological polar surface area (TPSA) is 54.5 Å². The molecule has 0 bridgehead atoms. The molecule has 0 radical (unpaired) electrons. The van der Waals surface area contributed by atoms with Crippen LogP contribution in [-0.4, -0.2) is 14.8 Å². The van der Waals surface area contributed by atoms with Gasteiger partial charge in [0.25, 0.3) is 0 Å². The van der Waals surface area contributed by atoms with Crippen LogP contribution in [0.1, 0.15) is 11.9 Å². The maximum Gasteiger partial charge on any atom is 0.107 e. The number of hydrogen-bond acceptors (Lipinski definition) is 4. The van der Waals surface area contributed by atoms with E-state index in [1.165, 1.54) is 11.3 Å². The van der Waals surface area contributed by atoms with Crippen molar-refractivity contribution in [3.05, 3.63) is 22.8 Å². The molecular weight excluding hydrogens is 208 g/mol. The fourth-order valence-electron chi connectivity index (χ4n) is 1.26. The van der Waals surface area contributed by atoms with E-state index in [9.17, 15) is 0 Å². The molecule has 2 aromatic rings. The molecule has 0 aliphatic rings. The van der Waals surface area contributed by atoms with Crippen molar-refractivity contribution in [1.29, 1.82) is 5.26 Å². The third-order valence-corrected chi connectivity index (χ3v) is 2.88. The predicted molar refractivity (Wildman–Crippen MR) is 58.3 cm³/mol. The Bertz CT molecular complexity index is 491. The Labute approximate surface area is 91.8 Å². The second-order valence-corrected chi connectivity index (χ2v) is 3.99. The molecule has 0 aliphatic heterocycles. The Balaban J connectivity index is 2.25. The first kappa shape index (κ1) is 9.87. The standard InChI is InChI=1S/C10H10N4S/c1-2-14-6-8(5-12-14)9-7-15-10(13-9)3-4-11/h5-7H,2-3H2,1H3. The Kier molecular flexibility index (Phi) is 2.79. The van der Waals surface area contributed by atoms with Crippen molar-refractivity contribution < 1.29 is 0 Å². The molecule has 0 unspecified atom stereocenters. The molecule has 0 saturated heterocycles. The van der Waals surface area contributed by atoms with Crippen molar-refractivity contribution in [2.45, 2.75) is 19.9 Å². The second-order valence-electron chi connectivity index (χ2n) is 3.05. The molecule has 0 N–H and O–H groups in total. The molecule has 0 aliphatic carbocycles. The number of thiazole rings is 1. The predicted octanol–water partition coefficient (Wildman–Crippen LogP) is 2.09. The van der Waals surface area contributed by atoms with E-state index in [2.05, 4.69) is 16.2 Å². The normalized spacial score (nSPS) is 10.1. The number of aromatic nitrogens is 3. The van der Waals surface area contributed by atoms with E-state index < -0.39 is 0 Å². The largest absolute Gasteiger partial charge is 0.272 e. The molecule has 4 nitrogen and oxygen atoms in total. The Morgan fingerprint density at radius 2 is 2.47 bits per heavy atom. The van der Waals surface area contributed by atoms with E-state index >= 15 is 0 Å². The fraction of sp³-hybridized carbons (Fsp3) is 0.300. The summed E-state index contributed by atoms with van der Waals surface area (Å²) in [4.78, 5) is 4.36. The summed E-state index contributed by atoms with van der Waals surface area (Å²) >= 11 is 1.52. The molecule has 0 spiro atoms. The van der Waals surface area contributed by atoms with Gasteiger partial charge in [-0.15, -0.1) is 11.3 Å². The minimum absolute atomic E-state index is 0.382. The van der Waals surface area contributed by atoms with E-state index in [0.29, 0.717) is 6.42 Å². The summed E-state index contributed by atoms with van der Waals surface area (Å²) in [7, 11) is 0. The average molecular weight is 218 g/mol. The third-order valence-electron chi connectivity index (χ3n) is 2.04. The van der Waals surface area contributed by atoms with Crippen LogP contribution in [0.5, 0.6) is 0 Å². The molecule has 0 saturated carbocycles. The first-order chi connectivity index (χ1) is 7.33. The van der Waals surface area contributed by atoms with E-state index in [-0.39, 0.29) is 0 Å². The van der Waals surface area contributed by atoms with E-state index in [0.717, 1.165) is 22.8 Å². The van der Waals surface area contributed by atoms with Crippen molar-refractivity contribution in [2.75, 3.05) is 0 Å². The van der Waals surface area contributed by atoms with Crippen LogP contribution < -0.4 is 0 Å². The lowest BCUT2D eigenvalue weighted by Crippen LogP contribution is -1.91. The van der Waals surface area contributed by atoms with Gasteiger partial charge in [0.05, 0.1) is 24.4 Å². The minimum Gasteiger partial charge on any atom is -0.272 e. The molecule has 2 aromatic heterocycles. The van der Waals surface area contributed by atoms with Gasteiger partial charge in [-0.2, -0.15) is 10.4 Å². The number of nitrogens with zero attached hydrogens (tertiary/aromatic N) is 4. The summed E-state index contributed by atoms with van der Waals surface area (Å²) < 4.78 is 1.86. The zero-order valence-electron chi connectivity index (χ0n) is 8.34. The van der Waals surface area contributed by atoms with Gasteiger partial charge in [-0.25, -0.2) is 4.98 Å². The molecule has 0 atom stereocenters. The molecule has 2 rings (SSSR count).